The Balaban J connectivity index is 2.02. The number of halogens is 1. The molecule has 1 heterocycles. The SMILES string of the molecule is CCCC(CCO)CNC(=O)c1ccc(-n2cnnn2)cc1Cl. The number of carbonyl (C=O) groups is 1. The van der Waals surface area contributed by atoms with Gasteiger partial charge in [-0.2, -0.15) is 0 Å². The van der Waals surface area contributed by atoms with Crippen molar-refractivity contribution in [1.29, 1.82) is 0 Å². The maximum Gasteiger partial charge on any atom is 0.252 e. The highest BCUT2D eigenvalue weighted by molar-refractivity contribution is 6.34. The van der Waals surface area contributed by atoms with Crippen LogP contribution in [0.3, 0.4) is 0 Å². The molecule has 1 aromatic carbocycles. The van der Waals surface area contributed by atoms with Crippen molar-refractivity contribution in [2.45, 2.75) is 26.2 Å². The van der Waals surface area contributed by atoms with Crippen LogP contribution in [-0.4, -0.2) is 44.4 Å². The Kier molecular flexibility index (Phi) is 6.49. The van der Waals surface area contributed by atoms with Crippen molar-refractivity contribution in [3.8, 4) is 5.69 Å². The maximum absolute atomic E-state index is 12.3. The average molecular weight is 338 g/mol. The van der Waals surface area contributed by atoms with Gasteiger partial charge in [0.15, 0.2) is 0 Å². The van der Waals surface area contributed by atoms with E-state index in [-0.39, 0.29) is 18.4 Å². The molecule has 2 aromatic rings. The lowest BCUT2D eigenvalue weighted by Gasteiger charge is -2.16. The van der Waals surface area contributed by atoms with Gasteiger partial charge in [0.2, 0.25) is 0 Å². The summed E-state index contributed by atoms with van der Waals surface area (Å²) in [6.45, 7) is 2.74. The second kappa shape index (κ2) is 8.59. The van der Waals surface area contributed by atoms with E-state index < -0.39 is 0 Å². The van der Waals surface area contributed by atoms with Crippen molar-refractivity contribution in [3.63, 3.8) is 0 Å². The van der Waals surface area contributed by atoms with Crippen LogP contribution in [0, 0.1) is 5.92 Å². The Morgan fingerprint density at radius 3 is 2.87 bits per heavy atom. The van der Waals surface area contributed by atoms with Gasteiger partial charge in [-0.05, 0) is 47.4 Å². The smallest absolute Gasteiger partial charge is 0.252 e. The van der Waals surface area contributed by atoms with Crippen LogP contribution >= 0.6 is 11.6 Å². The average Bonchev–Trinajstić information content (AvgIpc) is 3.07. The van der Waals surface area contributed by atoms with Gasteiger partial charge in [0, 0.05) is 13.2 Å². The van der Waals surface area contributed by atoms with Crippen LogP contribution in [0.5, 0.6) is 0 Å². The number of nitrogens with zero attached hydrogens (tertiary/aromatic N) is 4. The van der Waals surface area contributed by atoms with Crippen LogP contribution in [0.1, 0.15) is 36.5 Å². The van der Waals surface area contributed by atoms with Gasteiger partial charge in [-0.25, -0.2) is 4.68 Å². The van der Waals surface area contributed by atoms with Crippen LogP contribution in [0.15, 0.2) is 24.5 Å². The third kappa shape index (κ3) is 4.74. The highest BCUT2D eigenvalue weighted by atomic mass is 35.5. The predicted octanol–water partition coefficient (Wildman–Crippen LogP) is 1.84. The second-order valence-corrected chi connectivity index (χ2v) is 5.70. The molecular formula is C15H20ClN5O2. The number of aromatic nitrogens is 4. The molecule has 0 aliphatic carbocycles. The van der Waals surface area contributed by atoms with E-state index in [0.717, 1.165) is 12.8 Å². The zero-order chi connectivity index (χ0) is 16.7. The zero-order valence-corrected chi connectivity index (χ0v) is 13.7. The lowest BCUT2D eigenvalue weighted by molar-refractivity contribution is 0.0943. The number of aliphatic hydroxyl groups excluding tert-OH is 1. The third-order valence-corrected chi connectivity index (χ3v) is 3.91. The van der Waals surface area contributed by atoms with Gasteiger partial charge >= 0.3 is 0 Å². The number of carbonyl (C=O) groups excluding carboxylic acids is 1. The van der Waals surface area contributed by atoms with Crippen LogP contribution in [0.25, 0.3) is 5.69 Å². The van der Waals surface area contributed by atoms with Crippen LogP contribution in [0.4, 0.5) is 0 Å². The molecule has 0 bridgehead atoms. The van der Waals surface area contributed by atoms with E-state index in [1.54, 1.807) is 18.2 Å². The first-order chi connectivity index (χ1) is 11.2. The van der Waals surface area contributed by atoms with E-state index in [9.17, 15) is 4.79 Å². The fraction of sp³-hybridized carbons (Fsp3) is 0.467. The fourth-order valence-corrected chi connectivity index (χ4v) is 2.64. The minimum Gasteiger partial charge on any atom is -0.396 e. The van der Waals surface area contributed by atoms with Gasteiger partial charge in [-0.3, -0.25) is 4.79 Å². The van der Waals surface area contributed by atoms with Crippen molar-refractivity contribution >= 4 is 17.5 Å². The van der Waals surface area contributed by atoms with Crippen LogP contribution in [0.2, 0.25) is 5.02 Å². The van der Waals surface area contributed by atoms with Gasteiger partial charge in [0.25, 0.3) is 5.91 Å². The Bertz CT molecular complexity index is 627. The summed E-state index contributed by atoms with van der Waals surface area (Å²) in [5.74, 6) is 0.0468. The summed E-state index contributed by atoms with van der Waals surface area (Å²) in [6.07, 6.45) is 4.12. The molecule has 23 heavy (non-hydrogen) atoms. The summed E-state index contributed by atoms with van der Waals surface area (Å²) in [4.78, 5) is 12.3. The zero-order valence-electron chi connectivity index (χ0n) is 12.9. The van der Waals surface area contributed by atoms with Gasteiger partial charge < -0.3 is 10.4 Å². The second-order valence-electron chi connectivity index (χ2n) is 5.30. The summed E-state index contributed by atoms with van der Waals surface area (Å²) in [6, 6.07) is 5.02. The molecule has 0 saturated heterocycles. The first-order valence-corrected chi connectivity index (χ1v) is 7.95. The summed E-state index contributed by atoms with van der Waals surface area (Å²) in [5.41, 5.74) is 1.09. The topological polar surface area (TPSA) is 92.9 Å². The summed E-state index contributed by atoms with van der Waals surface area (Å²) in [7, 11) is 0. The Morgan fingerprint density at radius 1 is 1.43 bits per heavy atom. The van der Waals surface area contributed by atoms with E-state index in [1.165, 1.54) is 11.0 Å². The molecule has 0 radical (unpaired) electrons. The van der Waals surface area contributed by atoms with E-state index in [0.29, 0.717) is 29.2 Å². The summed E-state index contributed by atoms with van der Waals surface area (Å²) in [5, 5.41) is 23.2. The molecule has 2 N–H and O–H groups in total. The van der Waals surface area contributed by atoms with Crippen LogP contribution in [-0.2, 0) is 0 Å². The quantitative estimate of drug-likeness (QED) is 0.766. The van der Waals surface area contributed by atoms with Gasteiger partial charge in [-0.15, -0.1) is 5.10 Å². The summed E-state index contributed by atoms with van der Waals surface area (Å²) >= 11 is 6.20. The Labute approximate surface area is 139 Å². The third-order valence-electron chi connectivity index (χ3n) is 3.60. The molecule has 2 rings (SSSR count). The number of benzene rings is 1. The predicted molar refractivity (Wildman–Crippen MR) is 86.6 cm³/mol. The van der Waals surface area contributed by atoms with Crippen molar-refractivity contribution in [3.05, 3.63) is 35.1 Å². The van der Waals surface area contributed by atoms with Gasteiger partial charge in [0.05, 0.1) is 16.3 Å². The van der Waals surface area contributed by atoms with Gasteiger partial charge in [-0.1, -0.05) is 24.9 Å². The highest BCUT2D eigenvalue weighted by Crippen LogP contribution is 2.20. The molecule has 0 spiro atoms. The molecule has 1 amide bonds. The number of hydrogen-bond acceptors (Lipinski definition) is 5. The van der Waals surface area contributed by atoms with Gasteiger partial charge in [0.1, 0.15) is 6.33 Å². The maximum atomic E-state index is 12.3. The van der Waals surface area contributed by atoms with E-state index in [2.05, 4.69) is 27.8 Å². The Morgan fingerprint density at radius 2 is 2.26 bits per heavy atom. The highest BCUT2D eigenvalue weighted by Gasteiger charge is 2.14. The molecule has 1 atom stereocenters. The van der Waals surface area contributed by atoms with E-state index in [1.807, 2.05) is 0 Å². The number of nitrogens with one attached hydrogen (secondary N) is 1. The molecular weight excluding hydrogens is 318 g/mol. The minimum absolute atomic E-state index is 0.127. The van der Waals surface area contributed by atoms with E-state index >= 15 is 0 Å². The molecule has 8 heteroatoms. The number of aliphatic hydroxyl groups is 1. The molecule has 124 valence electrons. The minimum atomic E-state index is -0.225. The normalized spacial score (nSPS) is 12.1. The Hall–Kier alpha value is -1.99. The molecule has 0 fully saturated rings. The number of tetrazole rings is 1. The fourth-order valence-electron chi connectivity index (χ4n) is 2.38. The number of amides is 1. The number of rotatable bonds is 8. The van der Waals surface area contributed by atoms with E-state index in [4.69, 9.17) is 16.7 Å². The lowest BCUT2D eigenvalue weighted by Crippen LogP contribution is -2.30. The molecule has 0 aliphatic rings. The molecule has 1 aromatic heterocycles. The molecule has 1 unspecified atom stereocenters. The molecule has 0 aliphatic heterocycles. The largest absolute Gasteiger partial charge is 0.396 e. The first-order valence-electron chi connectivity index (χ1n) is 7.57. The number of hydrogen-bond donors (Lipinski definition) is 2. The lowest BCUT2D eigenvalue weighted by atomic mass is 10.00. The first kappa shape index (κ1) is 17.4. The van der Waals surface area contributed by atoms with Crippen molar-refractivity contribution in [2.24, 2.45) is 5.92 Å². The van der Waals surface area contributed by atoms with Crippen molar-refractivity contribution < 1.29 is 9.90 Å². The standard InChI is InChI=1S/C15H20ClN5O2/c1-2-3-11(6-7-22)9-17-15(23)13-5-4-12(8-14(13)16)21-10-18-19-20-21/h4-5,8,10-11,22H,2-3,6-7,9H2,1H3,(H,17,23). The van der Waals surface area contributed by atoms with Crippen molar-refractivity contribution in [2.75, 3.05) is 13.2 Å². The summed E-state index contributed by atoms with van der Waals surface area (Å²) < 4.78 is 1.46. The monoisotopic (exact) mass is 337 g/mol. The van der Waals surface area contributed by atoms with Crippen LogP contribution < -0.4 is 5.32 Å². The molecule has 0 saturated carbocycles. The molecule has 7 nitrogen and oxygen atoms in total. The van der Waals surface area contributed by atoms with Crippen molar-refractivity contribution in [1.82, 2.24) is 25.5 Å².